The first-order chi connectivity index (χ1) is 8.85. The molecule has 19 heavy (non-hydrogen) atoms. The van der Waals surface area contributed by atoms with Crippen LogP contribution in [0.1, 0.15) is 39.3 Å². The average Bonchev–Trinajstić information content (AvgIpc) is 2.67. The van der Waals surface area contributed by atoms with Crippen molar-refractivity contribution in [3.05, 3.63) is 23.5 Å². The zero-order valence-corrected chi connectivity index (χ0v) is 12.5. The normalized spacial score (nSPS) is 18.4. The smallest absolute Gasteiger partial charge is 0.160 e. The van der Waals surface area contributed by atoms with Crippen molar-refractivity contribution in [2.24, 2.45) is 12.5 Å². The minimum atomic E-state index is -0.0305. The highest BCUT2D eigenvalue weighted by atomic mass is 16.1. The Hall–Kier alpha value is -1.58. The quantitative estimate of drug-likeness (QED) is 0.839. The molecule has 0 amide bonds. The molecule has 1 aromatic rings. The number of hydrogen-bond acceptors (Lipinski definition) is 3. The minimum Gasteiger partial charge on any atom is -0.333 e. The van der Waals surface area contributed by atoms with Gasteiger partial charge >= 0.3 is 0 Å². The second kappa shape index (κ2) is 4.83. The lowest BCUT2D eigenvalue weighted by Crippen LogP contribution is -2.35. The lowest BCUT2D eigenvalue weighted by Gasteiger charge is -2.36. The molecule has 0 saturated heterocycles. The summed E-state index contributed by atoms with van der Waals surface area (Å²) in [7, 11) is 1.94. The van der Waals surface area contributed by atoms with Gasteiger partial charge < -0.3 is 4.90 Å². The van der Waals surface area contributed by atoms with E-state index in [1.165, 1.54) is 0 Å². The van der Waals surface area contributed by atoms with E-state index in [-0.39, 0.29) is 11.2 Å². The fourth-order valence-corrected chi connectivity index (χ4v) is 2.62. The van der Waals surface area contributed by atoms with Gasteiger partial charge in [-0.05, 0) is 18.8 Å². The van der Waals surface area contributed by atoms with Crippen LogP contribution in [0.3, 0.4) is 0 Å². The molecule has 104 valence electrons. The highest BCUT2D eigenvalue weighted by Crippen LogP contribution is 2.37. The Morgan fingerprint density at radius 1 is 1.47 bits per heavy atom. The Bertz CT molecular complexity index is 525. The number of aromatic nitrogens is 2. The number of aryl methyl sites for hydroxylation is 2. The number of allylic oxidation sites excluding steroid dienone is 1. The lowest BCUT2D eigenvalue weighted by atomic mass is 9.77. The summed E-state index contributed by atoms with van der Waals surface area (Å²) in [6.07, 6.45) is 3.56. The predicted octanol–water partition coefficient (Wildman–Crippen LogP) is 2.83. The summed E-state index contributed by atoms with van der Waals surface area (Å²) in [5.41, 5.74) is 1.90. The number of hydrogen-bond donors (Lipinski definition) is 0. The number of ketones is 1. The Morgan fingerprint density at radius 3 is 2.68 bits per heavy atom. The van der Waals surface area contributed by atoms with Crippen LogP contribution in [-0.4, -0.2) is 22.1 Å². The zero-order valence-electron chi connectivity index (χ0n) is 12.5. The van der Waals surface area contributed by atoms with Crippen molar-refractivity contribution in [3.63, 3.8) is 0 Å². The second-order valence-corrected chi connectivity index (χ2v) is 5.91. The molecule has 1 aliphatic rings. The number of carbonyl (C=O) groups excluding carboxylic acids is 1. The molecular weight excluding hydrogens is 238 g/mol. The maximum absolute atomic E-state index is 12.1. The van der Waals surface area contributed by atoms with Crippen molar-refractivity contribution < 1.29 is 4.79 Å². The van der Waals surface area contributed by atoms with Crippen molar-refractivity contribution in [2.75, 3.05) is 11.4 Å². The van der Waals surface area contributed by atoms with Gasteiger partial charge in [0.05, 0.1) is 5.69 Å². The Morgan fingerprint density at radius 2 is 2.16 bits per heavy atom. The van der Waals surface area contributed by atoms with Gasteiger partial charge in [0.2, 0.25) is 0 Å². The van der Waals surface area contributed by atoms with Crippen molar-refractivity contribution in [1.29, 1.82) is 0 Å². The van der Waals surface area contributed by atoms with E-state index in [4.69, 9.17) is 0 Å². The van der Waals surface area contributed by atoms with Crippen molar-refractivity contribution in [2.45, 2.75) is 40.5 Å². The fourth-order valence-electron chi connectivity index (χ4n) is 2.62. The molecule has 0 fully saturated rings. The molecule has 2 rings (SSSR count). The van der Waals surface area contributed by atoms with Gasteiger partial charge in [0, 0.05) is 37.9 Å². The summed E-state index contributed by atoms with van der Waals surface area (Å²) in [5.74, 6) is 1.29. The third-order valence-corrected chi connectivity index (χ3v) is 3.88. The molecule has 0 atom stereocenters. The van der Waals surface area contributed by atoms with Crippen LogP contribution in [0.15, 0.2) is 17.8 Å². The first-order valence-corrected chi connectivity index (χ1v) is 6.88. The third-order valence-electron chi connectivity index (χ3n) is 3.88. The van der Waals surface area contributed by atoms with Gasteiger partial charge in [-0.2, -0.15) is 5.10 Å². The van der Waals surface area contributed by atoms with Crippen molar-refractivity contribution in [1.82, 2.24) is 9.78 Å². The van der Waals surface area contributed by atoms with Crippen molar-refractivity contribution >= 4 is 11.6 Å². The molecule has 4 nitrogen and oxygen atoms in total. The van der Waals surface area contributed by atoms with Crippen LogP contribution in [0.25, 0.3) is 0 Å². The van der Waals surface area contributed by atoms with Gasteiger partial charge in [-0.3, -0.25) is 9.48 Å². The van der Waals surface area contributed by atoms with Crippen LogP contribution in [0.5, 0.6) is 0 Å². The number of carbonyl (C=O) groups is 1. The monoisotopic (exact) mass is 261 g/mol. The molecule has 1 aliphatic heterocycles. The van der Waals surface area contributed by atoms with E-state index in [1.54, 1.807) is 0 Å². The van der Waals surface area contributed by atoms with E-state index >= 15 is 0 Å². The van der Waals surface area contributed by atoms with Gasteiger partial charge in [-0.1, -0.05) is 20.8 Å². The standard InChI is InChI=1S/C15H23N3O/c1-6-13(19)12-10-18(8-7-15(12,3)4)14-9-11(2)16-17(14)5/h9-10H,6-8H2,1-5H3. The summed E-state index contributed by atoms with van der Waals surface area (Å²) >= 11 is 0. The molecule has 1 aromatic heterocycles. The third kappa shape index (κ3) is 2.57. The summed E-state index contributed by atoms with van der Waals surface area (Å²) < 4.78 is 1.87. The predicted molar refractivity (Wildman–Crippen MR) is 77.1 cm³/mol. The Balaban J connectivity index is 2.39. The molecule has 0 aromatic carbocycles. The van der Waals surface area contributed by atoms with Gasteiger partial charge in [-0.25, -0.2) is 0 Å². The first kappa shape index (κ1) is 13.8. The minimum absolute atomic E-state index is 0.0305. The summed E-state index contributed by atoms with van der Waals surface area (Å²) in [4.78, 5) is 14.3. The van der Waals surface area contributed by atoms with E-state index in [0.29, 0.717) is 6.42 Å². The topological polar surface area (TPSA) is 38.1 Å². The van der Waals surface area contributed by atoms with Crippen LogP contribution in [0.2, 0.25) is 0 Å². The number of anilines is 1. The molecule has 0 saturated carbocycles. The maximum Gasteiger partial charge on any atom is 0.160 e. The summed E-state index contributed by atoms with van der Waals surface area (Å²) in [5, 5.41) is 4.37. The molecule has 0 spiro atoms. The summed E-state index contributed by atoms with van der Waals surface area (Å²) in [6.45, 7) is 9.13. The molecule has 0 radical (unpaired) electrons. The second-order valence-electron chi connectivity index (χ2n) is 5.91. The molecule has 2 heterocycles. The molecular formula is C15H23N3O. The number of rotatable bonds is 3. The number of Topliss-reactive ketones (excluding diaryl/α,β-unsaturated/α-hetero) is 1. The molecule has 0 N–H and O–H groups in total. The van der Waals surface area contributed by atoms with E-state index in [1.807, 2.05) is 31.8 Å². The van der Waals surface area contributed by atoms with E-state index in [2.05, 4.69) is 29.9 Å². The van der Waals surface area contributed by atoms with Crippen LogP contribution >= 0.6 is 0 Å². The van der Waals surface area contributed by atoms with Gasteiger partial charge in [-0.15, -0.1) is 0 Å². The summed E-state index contributed by atoms with van der Waals surface area (Å²) in [6, 6.07) is 2.06. The highest BCUT2D eigenvalue weighted by Gasteiger charge is 2.32. The largest absolute Gasteiger partial charge is 0.333 e. The van der Waals surface area contributed by atoms with Crippen LogP contribution < -0.4 is 4.90 Å². The molecule has 4 heteroatoms. The first-order valence-electron chi connectivity index (χ1n) is 6.88. The Labute approximate surface area is 115 Å². The average molecular weight is 261 g/mol. The van der Waals surface area contributed by atoms with Gasteiger partial charge in [0.1, 0.15) is 5.82 Å². The van der Waals surface area contributed by atoms with Crippen LogP contribution in [0, 0.1) is 12.3 Å². The molecule has 0 unspecified atom stereocenters. The lowest BCUT2D eigenvalue weighted by molar-refractivity contribution is -0.116. The van der Waals surface area contributed by atoms with E-state index < -0.39 is 0 Å². The van der Waals surface area contributed by atoms with Crippen molar-refractivity contribution in [3.8, 4) is 0 Å². The van der Waals surface area contributed by atoms with E-state index in [9.17, 15) is 4.79 Å². The van der Waals surface area contributed by atoms with Gasteiger partial charge in [0.25, 0.3) is 0 Å². The Kier molecular flexibility index (Phi) is 3.52. The zero-order chi connectivity index (χ0) is 14.2. The van der Waals surface area contributed by atoms with E-state index in [0.717, 1.165) is 30.1 Å². The number of nitrogens with zero attached hydrogens (tertiary/aromatic N) is 3. The SMILES string of the molecule is CCC(=O)C1=CN(c2cc(C)nn2C)CCC1(C)C. The van der Waals surface area contributed by atoms with Crippen LogP contribution in [0.4, 0.5) is 5.82 Å². The molecule has 0 aliphatic carbocycles. The highest BCUT2D eigenvalue weighted by molar-refractivity contribution is 5.96. The maximum atomic E-state index is 12.1. The fraction of sp³-hybridized carbons (Fsp3) is 0.600. The molecule has 0 bridgehead atoms. The van der Waals surface area contributed by atoms with Crippen LogP contribution in [-0.2, 0) is 11.8 Å². The van der Waals surface area contributed by atoms with Gasteiger partial charge in [0.15, 0.2) is 5.78 Å².